The van der Waals surface area contributed by atoms with Gasteiger partial charge in [-0.05, 0) is 28.1 Å². The quantitative estimate of drug-likeness (QED) is 0.556. The number of Topliss-reactive ketones (excluding diaryl/α,β-unsaturated/α-hetero) is 1. The second-order valence-corrected chi connectivity index (χ2v) is 6.52. The second kappa shape index (κ2) is 6.31. The molecule has 0 aliphatic heterocycles. The molecule has 0 amide bonds. The zero-order chi connectivity index (χ0) is 15.7. The van der Waals surface area contributed by atoms with E-state index in [0.29, 0.717) is 15.2 Å². The minimum atomic E-state index is -1.26. The van der Waals surface area contributed by atoms with Crippen LogP contribution in [0.2, 0.25) is 10.0 Å². The molecule has 9 heteroatoms. The van der Waals surface area contributed by atoms with Crippen molar-refractivity contribution in [1.82, 2.24) is 4.98 Å². The third-order valence-corrected chi connectivity index (χ3v) is 5.27. The Bertz CT molecular complexity index is 717. The molecule has 21 heavy (non-hydrogen) atoms. The molecule has 2 aromatic rings. The van der Waals surface area contributed by atoms with Gasteiger partial charge < -0.3 is 10.4 Å². The Morgan fingerprint density at radius 2 is 2.00 bits per heavy atom. The zero-order valence-corrected chi connectivity index (χ0v) is 14.3. The summed E-state index contributed by atoms with van der Waals surface area (Å²) in [6.45, 7) is 1.28. The van der Waals surface area contributed by atoms with Crippen LogP contribution in [-0.4, -0.2) is 21.8 Å². The van der Waals surface area contributed by atoms with Crippen molar-refractivity contribution in [2.24, 2.45) is 0 Å². The van der Waals surface area contributed by atoms with Gasteiger partial charge in [-0.1, -0.05) is 34.5 Å². The van der Waals surface area contributed by atoms with Crippen LogP contribution in [0.4, 0.5) is 10.8 Å². The molecule has 0 aliphatic carbocycles. The van der Waals surface area contributed by atoms with Crippen LogP contribution in [0.25, 0.3) is 0 Å². The Balaban J connectivity index is 2.41. The first-order valence-electron chi connectivity index (χ1n) is 5.46. The van der Waals surface area contributed by atoms with Gasteiger partial charge in [-0.2, -0.15) is 0 Å². The van der Waals surface area contributed by atoms with E-state index in [1.165, 1.54) is 6.92 Å². The highest BCUT2D eigenvalue weighted by Gasteiger charge is 2.21. The van der Waals surface area contributed by atoms with Crippen molar-refractivity contribution < 1.29 is 14.7 Å². The van der Waals surface area contributed by atoms with Crippen molar-refractivity contribution in [3.05, 3.63) is 37.2 Å². The summed E-state index contributed by atoms with van der Waals surface area (Å²) in [7, 11) is 0. The minimum absolute atomic E-state index is 0.0735. The summed E-state index contributed by atoms with van der Waals surface area (Å²) in [5.74, 6) is -1.62. The predicted octanol–water partition coefficient (Wildman–Crippen LogP) is 4.86. The lowest BCUT2D eigenvalue weighted by Gasteiger charge is -2.07. The molecule has 110 valence electrons. The van der Waals surface area contributed by atoms with E-state index in [9.17, 15) is 9.59 Å². The monoisotopic (exact) mass is 408 g/mol. The van der Waals surface area contributed by atoms with E-state index < -0.39 is 5.97 Å². The normalized spacial score (nSPS) is 10.5. The molecule has 0 aliphatic rings. The highest BCUT2D eigenvalue weighted by Crippen LogP contribution is 2.38. The Hall–Kier alpha value is -1.15. The van der Waals surface area contributed by atoms with Gasteiger partial charge in [0.25, 0.3) is 0 Å². The fourth-order valence-electron chi connectivity index (χ4n) is 1.49. The zero-order valence-electron chi connectivity index (χ0n) is 10.4. The van der Waals surface area contributed by atoms with Crippen LogP contribution < -0.4 is 5.32 Å². The summed E-state index contributed by atoms with van der Waals surface area (Å²) in [4.78, 5) is 26.5. The van der Waals surface area contributed by atoms with E-state index in [1.807, 2.05) is 0 Å². The summed E-state index contributed by atoms with van der Waals surface area (Å²) in [6, 6.07) is 3.35. The molecule has 0 spiro atoms. The highest BCUT2D eigenvalue weighted by atomic mass is 79.9. The topological polar surface area (TPSA) is 79.3 Å². The van der Waals surface area contributed by atoms with Gasteiger partial charge in [-0.25, -0.2) is 9.78 Å². The number of rotatable bonds is 4. The Morgan fingerprint density at radius 1 is 1.33 bits per heavy atom. The number of hydrogen-bond donors (Lipinski definition) is 2. The number of aromatic carboxylic acids is 1. The molecule has 0 unspecified atom stereocenters. The number of aromatic nitrogens is 1. The van der Waals surface area contributed by atoms with Crippen LogP contribution >= 0.6 is 50.5 Å². The maximum atomic E-state index is 11.4. The van der Waals surface area contributed by atoms with Crippen molar-refractivity contribution in [2.45, 2.75) is 6.92 Å². The second-order valence-electron chi connectivity index (χ2n) is 3.91. The maximum absolute atomic E-state index is 11.4. The fraction of sp³-hybridized carbons (Fsp3) is 0.0833. The molecule has 1 aromatic heterocycles. The smallest absolute Gasteiger partial charge is 0.356 e. The number of ketones is 1. The molecule has 0 radical (unpaired) electrons. The number of hydrogen-bond acceptors (Lipinski definition) is 5. The fourth-order valence-corrected chi connectivity index (χ4v) is 3.18. The third kappa shape index (κ3) is 3.37. The van der Waals surface area contributed by atoms with Gasteiger partial charge in [-0.15, -0.1) is 0 Å². The van der Waals surface area contributed by atoms with E-state index in [1.54, 1.807) is 12.1 Å². The van der Waals surface area contributed by atoms with Crippen LogP contribution in [0.15, 0.2) is 16.6 Å². The van der Waals surface area contributed by atoms with Crippen LogP contribution in [0.5, 0.6) is 0 Å². The lowest BCUT2D eigenvalue weighted by atomic mass is 10.3. The Kier molecular flexibility index (Phi) is 4.88. The average Bonchev–Trinajstić information content (AvgIpc) is 2.84. The van der Waals surface area contributed by atoms with Gasteiger partial charge in [0, 0.05) is 11.4 Å². The lowest BCUT2D eigenvalue weighted by Crippen LogP contribution is -2.03. The molecule has 0 fully saturated rings. The molecule has 1 heterocycles. The molecule has 0 saturated heterocycles. The average molecular weight is 410 g/mol. The van der Waals surface area contributed by atoms with E-state index >= 15 is 0 Å². The van der Waals surface area contributed by atoms with Crippen molar-refractivity contribution in [1.29, 1.82) is 0 Å². The van der Waals surface area contributed by atoms with E-state index in [4.69, 9.17) is 28.3 Å². The van der Waals surface area contributed by atoms with Gasteiger partial charge in [0.2, 0.25) is 0 Å². The molecule has 2 rings (SSSR count). The molecule has 0 bridgehead atoms. The Labute approximate surface area is 142 Å². The van der Waals surface area contributed by atoms with Crippen LogP contribution in [-0.2, 0) is 0 Å². The number of halogens is 3. The van der Waals surface area contributed by atoms with E-state index in [-0.39, 0.29) is 26.5 Å². The molecule has 0 saturated carbocycles. The van der Waals surface area contributed by atoms with E-state index in [2.05, 4.69) is 26.2 Å². The number of carboxylic acid groups (broad SMARTS) is 1. The molecule has 1 aromatic carbocycles. The largest absolute Gasteiger partial charge is 0.476 e. The Morgan fingerprint density at radius 3 is 2.52 bits per heavy atom. The van der Waals surface area contributed by atoms with Crippen LogP contribution in [0.3, 0.4) is 0 Å². The molecular formula is C12H7BrCl2N2O3S. The van der Waals surface area contributed by atoms with Crippen molar-refractivity contribution in [2.75, 3.05) is 5.32 Å². The molecular weight excluding hydrogens is 403 g/mol. The first kappa shape index (κ1) is 16.2. The van der Waals surface area contributed by atoms with Crippen LogP contribution in [0.1, 0.15) is 27.1 Å². The van der Waals surface area contributed by atoms with Crippen molar-refractivity contribution in [3.63, 3.8) is 0 Å². The SMILES string of the molecule is CC(=O)c1sc(Nc2ccc(Br)c(Cl)c2Cl)nc1C(=O)O. The number of nitrogens with one attached hydrogen (secondary N) is 1. The maximum Gasteiger partial charge on any atom is 0.356 e. The first-order chi connectivity index (χ1) is 9.81. The summed E-state index contributed by atoms with van der Waals surface area (Å²) >= 11 is 16.3. The number of anilines is 2. The molecule has 5 nitrogen and oxygen atoms in total. The highest BCUT2D eigenvalue weighted by molar-refractivity contribution is 9.10. The van der Waals surface area contributed by atoms with Gasteiger partial charge in [0.15, 0.2) is 16.6 Å². The number of thiazole rings is 1. The van der Waals surface area contributed by atoms with Crippen molar-refractivity contribution >= 4 is 73.0 Å². The van der Waals surface area contributed by atoms with Gasteiger partial charge in [-0.3, -0.25) is 4.79 Å². The van der Waals surface area contributed by atoms with Gasteiger partial charge in [0.05, 0.1) is 15.7 Å². The molecule has 2 N–H and O–H groups in total. The number of benzene rings is 1. The van der Waals surface area contributed by atoms with Crippen LogP contribution in [0, 0.1) is 0 Å². The third-order valence-electron chi connectivity index (χ3n) is 2.43. The predicted molar refractivity (Wildman–Crippen MR) is 86.5 cm³/mol. The summed E-state index contributed by atoms with van der Waals surface area (Å²) in [5, 5.41) is 12.7. The summed E-state index contributed by atoms with van der Waals surface area (Å²) in [5.41, 5.74) is 0.181. The number of carbonyl (C=O) groups excluding carboxylic acids is 1. The van der Waals surface area contributed by atoms with Gasteiger partial charge >= 0.3 is 5.97 Å². The summed E-state index contributed by atoms with van der Waals surface area (Å²) in [6.07, 6.45) is 0. The minimum Gasteiger partial charge on any atom is -0.476 e. The van der Waals surface area contributed by atoms with E-state index in [0.717, 1.165) is 11.3 Å². The standard InChI is InChI=1S/C12H7BrCl2N2O3S/c1-4(18)10-9(11(19)20)17-12(21-10)16-6-3-2-5(13)7(14)8(6)15/h2-3H,1H3,(H,16,17)(H,19,20). The number of carboxylic acids is 1. The van der Waals surface area contributed by atoms with Gasteiger partial charge in [0.1, 0.15) is 4.88 Å². The number of nitrogens with zero attached hydrogens (tertiary/aromatic N) is 1. The lowest BCUT2D eigenvalue weighted by molar-refractivity contribution is 0.0687. The number of carbonyl (C=O) groups is 2. The summed E-state index contributed by atoms with van der Waals surface area (Å²) < 4.78 is 0.634. The molecule has 0 atom stereocenters. The first-order valence-corrected chi connectivity index (χ1v) is 7.83. The van der Waals surface area contributed by atoms with Crippen molar-refractivity contribution in [3.8, 4) is 0 Å².